The standard InChI is InChI=1S/C5H12N2.C4H6O6/c6-5-2-1-3-7-4-5;5-1(3(7)8)2(6)4(9)10/h5,7H,1-4,6H2;1-2,5-6H,(H,7,8)(H,9,10). The van der Waals surface area contributed by atoms with Crippen LogP contribution in [0.5, 0.6) is 0 Å². The molecule has 0 aliphatic carbocycles. The number of piperidine rings is 1. The van der Waals surface area contributed by atoms with Crippen LogP contribution in [0.3, 0.4) is 0 Å². The Labute approximate surface area is 98.0 Å². The van der Waals surface area contributed by atoms with Crippen molar-refractivity contribution in [2.45, 2.75) is 31.1 Å². The molecule has 1 aliphatic heterocycles. The number of hydrogen-bond acceptors (Lipinski definition) is 6. The van der Waals surface area contributed by atoms with Crippen LogP contribution in [0.25, 0.3) is 0 Å². The molecule has 1 rings (SSSR count). The molecule has 1 heterocycles. The lowest BCUT2D eigenvalue weighted by molar-refractivity contribution is -0.165. The zero-order valence-electron chi connectivity index (χ0n) is 9.24. The van der Waals surface area contributed by atoms with Crippen molar-refractivity contribution in [2.24, 2.45) is 5.73 Å². The first kappa shape index (κ1) is 15.8. The summed E-state index contributed by atoms with van der Waals surface area (Å²) in [5.74, 6) is -3.54. The van der Waals surface area contributed by atoms with Crippen LogP contribution in [-0.4, -0.2) is 63.7 Å². The number of carboxylic acids is 2. The Hall–Kier alpha value is -1.22. The number of carbonyl (C=O) groups is 2. The highest BCUT2D eigenvalue weighted by Gasteiger charge is 2.29. The molecule has 0 aromatic heterocycles. The monoisotopic (exact) mass is 250 g/mol. The van der Waals surface area contributed by atoms with Crippen LogP contribution in [0.2, 0.25) is 0 Å². The number of aliphatic carboxylic acids is 2. The second-order valence-electron chi connectivity index (χ2n) is 3.67. The number of carboxylic acid groups (broad SMARTS) is 2. The Morgan fingerprint density at radius 3 is 1.82 bits per heavy atom. The Kier molecular flexibility index (Phi) is 7.39. The molecule has 8 nitrogen and oxygen atoms in total. The van der Waals surface area contributed by atoms with Gasteiger partial charge in [-0.15, -0.1) is 0 Å². The maximum absolute atomic E-state index is 9.77. The molecule has 0 radical (unpaired) electrons. The summed E-state index contributed by atoms with van der Waals surface area (Å²) in [6, 6.07) is 0.425. The molecule has 17 heavy (non-hydrogen) atoms. The third-order valence-corrected chi connectivity index (χ3v) is 2.14. The van der Waals surface area contributed by atoms with Crippen molar-refractivity contribution in [3.05, 3.63) is 0 Å². The molecule has 0 spiro atoms. The summed E-state index contributed by atoms with van der Waals surface area (Å²) in [6.45, 7) is 2.17. The highest BCUT2D eigenvalue weighted by Crippen LogP contribution is 1.96. The molecular formula is C9H18N2O6. The maximum atomic E-state index is 9.77. The van der Waals surface area contributed by atoms with Gasteiger partial charge in [0.25, 0.3) is 0 Å². The van der Waals surface area contributed by atoms with Gasteiger partial charge in [-0.25, -0.2) is 9.59 Å². The van der Waals surface area contributed by atoms with Crippen LogP contribution >= 0.6 is 0 Å². The predicted octanol–water partition coefficient (Wildman–Crippen LogP) is -2.43. The first-order valence-electron chi connectivity index (χ1n) is 5.14. The lowest BCUT2D eigenvalue weighted by Gasteiger charge is -2.17. The second kappa shape index (κ2) is 7.96. The SMILES string of the molecule is NC1CCCNC1.O=C(O)C(O)C(O)C(=O)O. The zero-order chi connectivity index (χ0) is 13.4. The van der Waals surface area contributed by atoms with Gasteiger partial charge in [0.2, 0.25) is 0 Å². The highest BCUT2D eigenvalue weighted by molar-refractivity contribution is 5.83. The Bertz CT molecular complexity index is 236. The van der Waals surface area contributed by atoms with Crippen LogP contribution in [0, 0.1) is 0 Å². The van der Waals surface area contributed by atoms with Gasteiger partial charge in [0, 0.05) is 12.6 Å². The van der Waals surface area contributed by atoms with E-state index in [1.54, 1.807) is 0 Å². The van der Waals surface area contributed by atoms with Gasteiger partial charge < -0.3 is 31.5 Å². The molecule has 100 valence electrons. The molecule has 0 amide bonds. The van der Waals surface area contributed by atoms with Gasteiger partial charge in [0.15, 0.2) is 12.2 Å². The minimum atomic E-state index is -2.27. The number of nitrogens with one attached hydrogen (secondary N) is 1. The van der Waals surface area contributed by atoms with Gasteiger partial charge >= 0.3 is 11.9 Å². The summed E-state index contributed by atoms with van der Waals surface area (Å²) in [6.07, 6.45) is -2.08. The first-order chi connectivity index (χ1) is 7.86. The number of nitrogens with two attached hydrogens (primary N) is 1. The van der Waals surface area contributed by atoms with Gasteiger partial charge in [-0.1, -0.05) is 0 Å². The molecule has 3 unspecified atom stereocenters. The number of aliphatic hydroxyl groups is 2. The Morgan fingerprint density at radius 1 is 1.18 bits per heavy atom. The van der Waals surface area contributed by atoms with Gasteiger partial charge in [-0.3, -0.25) is 0 Å². The molecule has 0 bridgehead atoms. The summed E-state index contributed by atoms with van der Waals surface area (Å²) in [5, 5.41) is 35.7. The lowest BCUT2D eigenvalue weighted by atomic mass is 10.1. The molecule has 8 heteroatoms. The van der Waals surface area contributed by atoms with Crippen LogP contribution in [0.1, 0.15) is 12.8 Å². The fourth-order valence-corrected chi connectivity index (χ4v) is 1.15. The van der Waals surface area contributed by atoms with E-state index in [4.69, 9.17) is 26.2 Å². The summed E-state index contributed by atoms with van der Waals surface area (Å²) in [7, 11) is 0. The summed E-state index contributed by atoms with van der Waals surface area (Å²) >= 11 is 0. The molecule has 1 aliphatic rings. The van der Waals surface area contributed by atoms with E-state index in [0.717, 1.165) is 13.1 Å². The predicted molar refractivity (Wildman–Crippen MR) is 57.4 cm³/mol. The zero-order valence-corrected chi connectivity index (χ0v) is 9.24. The van der Waals surface area contributed by atoms with Crippen molar-refractivity contribution in [2.75, 3.05) is 13.1 Å². The summed E-state index contributed by atoms with van der Waals surface area (Å²) in [4.78, 5) is 19.5. The van der Waals surface area contributed by atoms with E-state index in [1.165, 1.54) is 12.8 Å². The van der Waals surface area contributed by atoms with Gasteiger partial charge in [0.1, 0.15) is 0 Å². The van der Waals surface area contributed by atoms with E-state index in [-0.39, 0.29) is 0 Å². The van der Waals surface area contributed by atoms with Crippen LogP contribution < -0.4 is 11.1 Å². The van der Waals surface area contributed by atoms with Crippen molar-refractivity contribution < 1.29 is 30.0 Å². The molecule has 0 aromatic carbocycles. The minimum absolute atomic E-state index is 0.425. The fraction of sp³-hybridized carbons (Fsp3) is 0.778. The van der Waals surface area contributed by atoms with E-state index in [9.17, 15) is 9.59 Å². The number of rotatable bonds is 3. The van der Waals surface area contributed by atoms with Gasteiger partial charge in [0.05, 0.1) is 0 Å². The molecule has 7 N–H and O–H groups in total. The Balaban J connectivity index is 0.000000318. The van der Waals surface area contributed by atoms with Crippen LogP contribution in [0.15, 0.2) is 0 Å². The van der Waals surface area contributed by atoms with Crippen molar-refractivity contribution in [3.8, 4) is 0 Å². The highest BCUT2D eigenvalue weighted by atomic mass is 16.4. The minimum Gasteiger partial charge on any atom is -0.479 e. The third kappa shape index (κ3) is 6.84. The molecule has 0 aromatic rings. The van der Waals surface area contributed by atoms with Gasteiger partial charge in [-0.05, 0) is 19.4 Å². The summed E-state index contributed by atoms with van der Waals surface area (Å²) < 4.78 is 0. The smallest absolute Gasteiger partial charge is 0.335 e. The van der Waals surface area contributed by atoms with Crippen LogP contribution in [-0.2, 0) is 9.59 Å². The quantitative estimate of drug-likeness (QED) is 0.323. The van der Waals surface area contributed by atoms with Gasteiger partial charge in [-0.2, -0.15) is 0 Å². The molecule has 1 saturated heterocycles. The lowest BCUT2D eigenvalue weighted by Crippen LogP contribution is -2.39. The van der Waals surface area contributed by atoms with Crippen molar-refractivity contribution in [1.29, 1.82) is 0 Å². The molecular weight excluding hydrogens is 232 g/mol. The average Bonchev–Trinajstić information content (AvgIpc) is 2.28. The first-order valence-corrected chi connectivity index (χ1v) is 5.14. The normalized spacial score (nSPS) is 22.9. The van der Waals surface area contributed by atoms with E-state index >= 15 is 0 Å². The maximum Gasteiger partial charge on any atom is 0.335 e. The molecule has 3 atom stereocenters. The Morgan fingerprint density at radius 2 is 1.65 bits per heavy atom. The molecule has 1 fully saturated rings. The number of hydrogen-bond donors (Lipinski definition) is 6. The topological polar surface area (TPSA) is 153 Å². The number of aliphatic hydroxyl groups excluding tert-OH is 2. The molecule has 0 saturated carbocycles. The van der Waals surface area contributed by atoms with Crippen molar-refractivity contribution in [1.82, 2.24) is 5.32 Å². The largest absolute Gasteiger partial charge is 0.479 e. The van der Waals surface area contributed by atoms with E-state index in [0.29, 0.717) is 6.04 Å². The van der Waals surface area contributed by atoms with E-state index < -0.39 is 24.1 Å². The van der Waals surface area contributed by atoms with Crippen molar-refractivity contribution >= 4 is 11.9 Å². The second-order valence-corrected chi connectivity index (χ2v) is 3.67. The average molecular weight is 250 g/mol. The van der Waals surface area contributed by atoms with E-state index in [2.05, 4.69) is 5.32 Å². The fourth-order valence-electron chi connectivity index (χ4n) is 1.15. The van der Waals surface area contributed by atoms with Crippen LogP contribution in [0.4, 0.5) is 0 Å². The summed E-state index contributed by atoms with van der Waals surface area (Å²) in [5.41, 5.74) is 5.57. The third-order valence-electron chi connectivity index (χ3n) is 2.14. The van der Waals surface area contributed by atoms with E-state index in [1.807, 2.05) is 0 Å². The van der Waals surface area contributed by atoms with Crippen molar-refractivity contribution in [3.63, 3.8) is 0 Å².